The van der Waals surface area contributed by atoms with Gasteiger partial charge in [0.2, 0.25) is 0 Å². The smallest absolute Gasteiger partial charge is 0.126 e. The minimum Gasteiger partial charge on any atom is -0.324 e. The molecule has 108 valence electrons. The predicted molar refractivity (Wildman–Crippen MR) is 79.1 cm³/mol. The summed E-state index contributed by atoms with van der Waals surface area (Å²) >= 11 is 0. The summed E-state index contributed by atoms with van der Waals surface area (Å²) in [5.74, 6) is -0.181. The molecule has 0 aliphatic carbocycles. The highest BCUT2D eigenvalue weighted by atomic mass is 19.1. The van der Waals surface area contributed by atoms with Gasteiger partial charge in [-0.25, -0.2) is 4.39 Å². The number of nitrogens with two attached hydrogens (primary N) is 1. The van der Waals surface area contributed by atoms with Gasteiger partial charge in [-0.1, -0.05) is 12.1 Å². The molecule has 0 saturated heterocycles. The molecule has 0 aliphatic heterocycles. The molecular weight excluding hydrogens is 253 g/mol. The number of hydrogen-bond acceptors (Lipinski definition) is 2. The van der Waals surface area contributed by atoms with E-state index in [2.05, 4.69) is 12.0 Å². The largest absolute Gasteiger partial charge is 0.324 e. The molecule has 4 heteroatoms. The Kier molecular flexibility index (Phi) is 4.23. The van der Waals surface area contributed by atoms with Crippen LogP contribution in [0.5, 0.6) is 0 Å². The lowest BCUT2D eigenvalue weighted by atomic mass is 9.97. The Balaban J connectivity index is 2.08. The van der Waals surface area contributed by atoms with Gasteiger partial charge in [0, 0.05) is 18.8 Å². The van der Waals surface area contributed by atoms with Crippen LogP contribution < -0.4 is 5.73 Å². The highest BCUT2D eigenvalue weighted by Crippen LogP contribution is 2.21. The van der Waals surface area contributed by atoms with Crippen molar-refractivity contribution in [2.45, 2.75) is 39.7 Å². The van der Waals surface area contributed by atoms with E-state index in [-0.39, 0.29) is 11.9 Å². The molecule has 1 atom stereocenters. The van der Waals surface area contributed by atoms with Crippen molar-refractivity contribution in [3.8, 4) is 0 Å². The molecular formula is C16H22FN3. The maximum absolute atomic E-state index is 13.3. The van der Waals surface area contributed by atoms with Crippen LogP contribution in [0.4, 0.5) is 4.39 Å². The molecule has 0 bridgehead atoms. The van der Waals surface area contributed by atoms with Crippen LogP contribution in [0.25, 0.3) is 0 Å². The van der Waals surface area contributed by atoms with Crippen molar-refractivity contribution in [1.82, 2.24) is 9.78 Å². The third-order valence-electron chi connectivity index (χ3n) is 3.97. The molecule has 0 saturated carbocycles. The monoisotopic (exact) mass is 275 g/mol. The first kappa shape index (κ1) is 14.7. The molecule has 1 unspecified atom stereocenters. The molecule has 3 nitrogen and oxygen atoms in total. The summed E-state index contributed by atoms with van der Waals surface area (Å²) in [6.45, 7) is 5.86. The van der Waals surface area contributed by atoms with Gasteiger partial charge in [0.25, 0.3) is 0 Å². The molecule has 20 heavy (non-hydrogen) atoms. The molecule has 1 heterocycles. The fourth-order valence-electron chi connectivity index (χ4n) is 2.54. The zero-order valence-electron chi connectivity index (χ0n) is 12.6. The molecule has 1 aromatic heterocycles. The Morgan fingerprint density at radius 3 is 2.55 bits per heavy atom. The molecule has 1 aromatic carbocycles. The molecule has 0 fully saturated rings. The molecule has 0 amide bonds. The van der Waals surface area contributed by atoms with Gasteiger partial charge < -0.3 is 5.73 Å². The summed E-state index contributed by atoms with van der Waals surface area (Å²) in [5.41, 5.74) is 11.4. The van der Waals surface area contributed by atoms with E-state index in [1.165, 1.54) is 17.3 Å². The first-order chi connectivity index (χ1) is 9.40. The Bertz CT molecular complexity index is 616. The number of aromatic nitrogens is 2. The third-order valence-corrected chi connectivity index (χ3v) is 3.97. The Labute approximate surface area is 119 Å². The van der Waals surface area contributed by atoms with E-state index in [1.54, 1.807) is 13.0 Å². The van der Waals surface area contributed by atoms with Crippen LogP contribution in [0.1, 0.15) is 40.5 Å². The van der Waals surface area contributed by atoms with Gasteiger partial charge in [0.1, 0.15) is 5.82 Å². The highest BCUT2D eigenvalue weighted by Gasteiger charge is 2.13. The maximum atomic E-state index is 13.3. The number of aryl methyl sites for hydroxylation is 3. The number of nitrogens with zero attached hydrogens (tertiary/aromatic N) is 2. The highest BCUT2D eigenvalue weighted by molar-refractivity contribution is 5.28. The van der Waals surface area contributed by atoms with Gasteiger partial charge in [-0.05, 0) is 56.4 Å². The standard InChI is InChI=1S/C16H22FN3/c1-10-9-13(5-7-15(10)17)16(18)8-6-14-11(2)19-20(4)12(14)3/h5,7,9,16H,6,8,18H2,1-4H3. The summed E-state index contributed by atoms with van der Waals surface area (Å²) < 4.78 is 15.2. The van der Waals surface area contributed by atoms with Crippen molar-refractivity contribution >= 4 is 0 Å². The topological polar surface area (TPSA) is 43.8 Å². The van der Waals surface area contributed by atoms with Gasteiger partial charge in [0.05, 0.1) is 5.69 Å². The third kappa shape index (κ3) is 2.90. The second-order valence-corrected chi connectivity index (χ2v) is 5.43. The van der Waals surface area contributed by atoms with E-state index in [1.807, 2.05) is 24.7 Å². The lowest BCUT2D eigenvalue weighted by molar-refractivity contribution is 0.610. The van der Waals surface area contributed by atoms with Gasteiger partial charge in [-0.2, -0.15) is 5.10 Å². The van der Waals surface area contributed by atoms with Crippen molar-refractivity contribution in [2.75, 3.05) is 0 Å². The van der Waals surface area contributed by atoms with Gasteiger partial charge in [0.15, 0.2) is 0 Å². The lowest BCUT2D eigenvalue weighted by Crippen LogP contribution is -2.12. The Morgan fingerprint density at radius 1 is 1.30 bits per heavy atom. The van der Waals surface area contributed by atoms with Crippen LogP contribution in [-0.2, 0) is 13.5 Å². The molecule has 2 rings (SSSR count). The second-order valence-electron chi connectivity index (χ2n) is 5.43. The van der Waals surface area contributed by atoms with Gasteiger partial charge >= 0.3 is 0 Å². The SMILES string of the molecule is Cc1cc(C(N)CCc2c(C)nn(C)c2C)ccc1F. The lowest BCUT2D eigenvalue weighted by Gasteiger charge is -2.13. The summed E-state index contributed by atoms with van der Waals surface area (Å²) in [7, 11) is 1.95. The van der Waals surface area contributed by atoms with Crippen LogP contribution in [-0.4, -0.2) is 9.78 Å². The van der Waals surface area contributed by atoms with E-state index in [0.29, 0.717) is 5.56 Å². The number of benzene rings is 1. The van der Waals surface area contributed by atoms with Crippen molar-refractivity contribution in [3.63, 3.8) is 0 Å². The Morgan fingerprint density at radius 2 is 2.00 bits per heavy atom. The fourth-order valence-corrected chi connectivity index (χ4v) is 2.54. The number of rotatable bonds is 4. The molecule has 0 spiro atoms. The van der Waals surface area contributed by atoms with Crippen LogP contribution in [0.3, 0.4) is 0 Å². The molecule has 0 aliphatic rings. The average molecular weight is 275 g/mol. The minimum atomic E-state index is -0.181. The van der Waals surface area contributed by atoms with Gasteiger partial charge in [-0.15, -0.1) is 0 Å². The van der Waals surface area contributed by atoms with Crippen molar-refractivity contribution in [1.29, 1.82) is 0 Å². The fraction of sp³-hybridized carbons (Fsp3) is 0.438. The van der Waals surface area contributed by atoms with E-state index in [0.717, 1.165) is 24.1 Å². The summed E-state index contributed by atoms with van der Waals surface area (Å²) in [6, 6.07) is 5.03. The van der Waals surface area contributed by atoms with E-state index >= 15 is 0 Å². The van der Waals surface area contributed by atoms with Crippen molar-refractivity contribution in [2.24, 2.45) is 12.8 Å². The van der Waals surface area contributed by atoms with Gasteiger partial charge in [-0.3, -0.25) is 4.68 Å². The van der Waals surface area contributed by atoms with Crippen molar-refractivity contribution < 1.29 is 4.39 Å². The Hall–Kier alpha value is -1.68. The predicted octanol–water partition coefficient (Wildman–Crippen LogP) is 3.12. The zero-order chi connectivity index (χ0) is 14.9. The summed E-state index contributed by atoms with van der Waals surface area (Å²) in [5, 5.41) is 4.41. The average Bonchev–Trinajstić information content (AvgIpc) is 2.64. The summed E-state index contributed by atoms with van der Waals surface area (Å²) in [4.78, 5) is 0. The van der Waals surface area contributed by atoms with Crippen molar-refractivity contribution in [3.05, 3.63) is 52.1 Å². The number of hydrogen-bond donors (Lipinski definition) is 1. The van der Waals surface area contributed by atoms with E-state index in [9.17, 15) is 4.39 Å². The van der Waals surface area contributed by atoms with Crippen LogP contribution in [0.15, 0.2) is 18.2 Å². The zero-order valence-corrected chi connectivity index (χ0v) is 12.6. The van der Waals surface area contributed by atoms with Crippen LogP contribution >= 0.6 is 0 Å². The quantitative estimate of drug-likeness (QED) is 0.931. The summed E-state index contributed by atoms with van der Waals surface area (Å²) in [6.07, 6.45) is 1.72. The minimum absolute atomic E-state index is 0.0756. The second kappa shape index (κ2) is 5.75. The van der Waals surface area contributed by atoms with Crippen LogP contribution in [0.2, 0.25) is 0 Å². The number of halogens is 1. The molecule has 2 N–H and O–H groups in total. The molecule has 2 aromatic rings. The maximum Gasteiger partial charge on any atom is 0.126 e. The van der Waals surface area contributed by atoms with E-state index < -0.39 is 0 Å². The first-order valence-electron chi connectivity index (χ1n) is 6.91. The normalized spacial score (nSPS) is 12.7. The van der Waals surface area contributed by atoms with E-state index in [4.69, 9.17) is 5.73 Å². The van der Waals surface area contributed by atoms with Crippen LogP contribution in [0, 0.1) is 26.6 Å². The first-order valence-corrected chi connectivity index (χ1v) is 6.91. The molecule has 0 radical (unpaired) electrons.